The molecule has 236 valence electrons. The summed E-state index contributed by atoms with van der Waals surface area (Å²) in [7, 11) is 0. The second-order valence-corrected chi connectivity index (χ2v) is 12.6. The molecular weight excluding hydrogens is 774 g/mol. The maximum atomic E-state index is 6.18. The Labute approximate surface area is 294 Å². The number of ether oxygens (including phenoxy) is 1. The number of furan rings is 1. The third-order valence-electron chi connectivity index (χ3n) is 8.40. The molecule has 0 unspecified atom stereocenters. The van der Waals surface area contributed by atoms with E-state index in [-0.39, 0.29) is 26.5 Å². The molecule has 0 aliphatic carbocycles. The Morgan fingerprint density at radius 3 is 2.10 bits per heavy atom. The molecule has 8 rings (SSSR count). The van der Waals surface area contributed by atoms with Gasteiger partial charge in [0.1, 0.15) is 5.58 Å². The van der Waals surface area contributed by atoms with Crippen molar-refractivity contribution in [3.8, 4) is 50.8 Å². The molecular formula is C42H31N3O2Pt. The third kappa shape index (κ3) is 5.98. The molecule has 8 aromatic rings. The zero-order valence-corrected chi connectivity index (χ0v) is 28.9. The number of nitrogens with zero attached hydrogens (tertiary/aromatic N) is 3. The summed E-state index contributed by atoms with van der Waals surface area (Å²) >= 11 is 0. The molecule has 0 saturated carbocycles. The first-order valence-electron chi connectivity index (χ1n) is 15.7. The van der Waals surface area contributed by atoms with Crippen LogP contribution in [0.2, 0.25) is 0 Å². The first kappa shape index (κ1) is 31.4. The first-order chi connectivity index (χ1) is 22.9. The number of hydrogen-bond donors (Lipinski definition) is 0. The van der Waals surface area contributed by atoms with Gasteiger partial charge < -0.3 is 9.15 Å². The smallest absolute Gasteiger partial charge is 0.509 e. The average molecular weight is 805 g/mol. The minimum atomic E-state index is 0. The molecule has 3 heterocycles. The molecule has 0 radical (unpaired) electrons. The molecule has 5 nitrogen and oxygen atoms in total. The molecule has 0 bridgehead atoms. The summed E-state index contributed by atoms with van der Waals surface area (Å²) < 4.78 is 14.0. The Balaban J connectivity index is 0.00000364. The summed E-state index contributed by atoms with van der Waals surface area (Å²) in [5, 5.41) is 7.06. The van der Waals surface area contributed by atoms with Crippen LogP contribution in [-0.2, 0) is 26.5 Å². The van der Waals surface area contributed by atoms with Crippen molar-refractivity contribution in [3.05, 3.63) is 151 Å². The van der Waals surface area contributed by atoms with E-state index in [0.29, 0.717) is 17.1 Å². The summed E-state index contributed by atoms with van der Waals surface area (Å²) in [5.74, 6) is 1.12. The largest absolute Gasteiger partial charge is 2.00 e. The van der Waals surface area contributed by atoms with Gasteiger partial charge in [-0.15, -0.1) is 24.3 Å². The molecule has 48 heavy (non-hydrogen) atoms. The van der Waals surface area contributed by atoms with Gasteiger partial charge >= 0.3 is 21.1 Å². The molecule has 3 aromatic heterocycles. The van der Waals surface area contributed by atoms with Gasteiger partial charge in [-0.2, -0.15) is 17.2 Å². The van der Waals surface area contributed by atoms with Crippen LogP contribution in [0.15, 0.2) is 138 Å². The van der Waals surface area contributed by atoms with Crippen LogP contribution in [0.3, 0.4) is 0 Å². The Bertz CT molecular complexity index is 2400. The van der Waals surface area contributed by atoms with Crippen LogP contribution < -0.4 is 4.74 Å². The minimum Gasteiger partial charge on any atom is -0.509 e. The molecule has 0 saturated heterocycles. The van der Waals surface area contributed by atoms with E-state index in [1.807, 2.05) is 77.7 Å². The number of aromatic nitrogens is 3. The van der Waals surface area contributed by atoms with Crippen molar-refractivity contribution in [2.45, 2.75) is 26.2 Å². The van der Waals surface area contributed by atoms with Gasteiger partial charge in [-0.05, 0) is 57.4 Å². The van der Waals surface area contributed by atoms with E-state index >= 15 is 0 Å². The van der Waals surface area contributed by atoms with E-state index in [1.165, 1.54) is 5.56 Å². The van der Waals surface area contributed by atoms with Crippen molar-refractivity contribution < 1.29 is 30.2 Å². The van der Waals surface area contributed by atoms with Crippen LogP contribution in [0.5, 0.6) is 11.5 Å². The summed E-state index contributed by atoms with van der Waals surface area (Å²) in [5.41, 5.74) is 9.66. The Morgan fingerprint density at radius 1 is 0.646 bits per heavy atom. The molecule has 0 amide bonds. The Morgan fingerprint density at radius 2 is 1.33 bits per heavy atom. The van der Waals surface area contributed by atoms with Gasteiger partial charge in [-0.25, -0.2) is 0 Å². The van der Waals surface area contributed by atoms with E-state index in [0.717, 1.165) is 55.7 Å². The normalized spacial score (nSPS) is 11.5. The number of rotatable bonds is 6. The maximum absolute atomic E-state index is 6.18. The molecule has 0 N–H and O–H groups in total. The Kier molecular flexibility index (Phi) is 8.33. The van der Waals surface area contributed by atoms with Crippen LogP contribution in [0.4, 0.5) is 0 Å². The minimum absolute atomic E-state index is 0. The summed E-state index contributed by atoms with van der Waals surface area (Å²) in [6.45, 7) is 6.67. The topological polar surface area (TPSA) is 53.1 Å². The van der Waals surface area contributed by atoms with Gasteiger partial charge in [0, 0.05) is 40.6 Å². The summed E-state index contributed by atoms with van der Waals surface area (Å²) in [6, 6.07) is 47.4. The van der Waals surface area contributed by atoms with E-state index in [1.54, 1.807) is 0 Å². The van der Waals surface area contributed by atoms with Crippen molar-refractivity contribution in [3.63, 3.8) is 0 Å². The predicted octanol–water partition coefficient (Wildman–Crippen LogP) is 10.9. The van der Waals surface area contributed by atoms with Crippen molar-refractivity contribution in [2.24, 2.45) is 0 Å². The molecule has 5 aromatic carbocycles. The molecule has 0 atom stereocenters. The van der Waals surface area contributed by atoms with Crippen LogP contribution in [0.1, 0.15) is 26.3 Å². The number of fused-ring (bicyclic) bond motifs is 3. The third-order valence-corrected chi connectivity index (χ3v) is 8.40. The second-order valence-electron chi connectivity index (χ2n) is 12.6. The van der Waals surface area contributed by atoms with Crippen molar-refractivity contribution in [2.75, 3.05) is 0 Å². The van der Waals surface area contributed by atoms with Gasteiger partial charge in [0.15, 0.2) is 0 Å². The van der Waals surface area contributed by atoms with Crippen molar-refractivity contribution in [1.82, 2.24) is 14.8 Å². The fraction of sp³-hybridized carbons (Fsp3) is 0.0952. The fourth-order valence-corrected chi connectivity index (χ4v) is 5.97. The number of hydrogen-bond acceptors (Lipinski definition) is 4. The molecule has 0 aliphatic rings. The van der Waals surface area contributed by atoms with Crippen molar-refractivity contribution >= 4 is 21.9 Å². The van der Waals surface area contributed by atoms with E-state index in [4.69, 9.17) is 19.2 Å². The van der Waals surface area contributed by atoms with Crippen molar-refractivity contribution in [1.29, 1.82) is 0 Å². The van der Waals surface area contributed by atoms with Gasteiger partial charge in [0.25, 0.3) is 0 Å². The number of pyridine rings is 1. The average Bonchev–Trinajstić information content (AvgIpc) is 3.73. The second kappa shape index (κ2) is 12.7. The zero-order valence-electron chi connectivity index (χ0n) is 26.7. The van der Waals surface area contributed by atoms with Crippen LogP contribution >= 0.6 is 0 Å². The van der Waals surface area contributed by atoms with E-state index in [9.17, 15) is 0 Å². The van der Waals surface area contributed by atoms with Gasteiger partial charge in [0.2, 0.25) is 0 Å². The number of benzene rings is 5. The van der Waals surface area contributed by atoms with E-state index in [2.05, 4.69) is 93.6 Å². The fourth-order valence-electron chi connectivity index (χ4n) is 5.97. The summed E-state index contributed by atoms with van der Waals surface area (Å²) in [6.07, 6.45) is 3.86. The Hall–Kier alpha value is -5.25. The molecule has 0 fully saturated rings. The maximum Gasteiger partial charge on any atom is 2.00 e. The van der Waals surface area contributed by atoms with Gasteiger partial charge in [-0.3, -0.25) is 9.67 Å². The van der Waals surface area contributed by atoms with Crippen LogP contribution in [-0.4, -0.2) is 14.8 Å². The van der Waals surface area contributed by atoms with Gasteiger partial charge in [-0.1, -0.05) is 99.0 Å². The molecule has 6 heteroatoms. The quantitative estimate of drug-likeness (QED) is 0.157. The van der Waals surface area contributed by atoms with Gasteiger partial charge in [0.05, 0.1) is 11.4 Å². The number of para-hydroxylation sites is 1. The standard InChI is InChI=1S/C42H31N3O2.Pt/c1-42(2,3)28-21-23-43-39(25-28)35-16-7-5-14-33(35)32-13-4-6-15-34(32)38-22-24-45(44-38)29-11-10-12-30(26-29)46-31-19-20-37-36-17-8-9-18-40(36)47-41(37)27-31;/h4-25H,1-3H3;/q-2;+2. The van der Waals surface area contributed by atoms with E-state index < -0.39 is 0 Å². The molecule has 0 spiro atoms. The summed E-state index contributed by atoms with van der Waals surface area (Å²) in [4.78, 5) is 4.78. The SMILES string of the molecule is CC(C)(C)c1ccnc(-c2ccccc2-c2ccccc2-c2ccn(-c3[c-]c(Oc4[c-]c5oc6ccccc6c5cc4)ccc3)n2)c1.[Pt+2]. The van der Waals surface area contributed by atoms with Crippen LogP contribution in [0.25, 0.3) is 61.3 Å². The first-order valence-corrected chi connectivity index (χ1v) is 15.7. The van der Waals surface area contributed by atoms with Crippen LogP contribution in [0, 0.1) is 12.1 Å². The monoisotopic (exact) mass is 804 g/mol. The zero-order chi connectivity index (χ0) is 32.0. The molecule has 0 aliphatic heterocycles. The predicted molar refractivity (Wildman–Crippen MR) is 188 cm³/mol.